The number of Topliss-reactive ketones (excluding diaryl/α,β-unsaturated/α-hetero) is 1. The number of halogens is 1. The van der Waals surface area contributed by atoms with Crippen LogP contribution in [0.25, 0.3) is 0 Å². The van der Waals surface area contributed by atoms with Gasteiger partial charge in [-0.15, -0.1) is 5.34 Å². The molecule has 0 radical (unpaired) electrons. The first-order chi connectivity index (χ1) is 51.0. The molecular formula is C81H131BrLiN12NaO14. The Balaban J connectivity index is 0.00000129. The molecule has 4 aromatic rings. The van der Waals surface area contributed by atoms with Crippen molar-refractivity contribution in [2.24, 2.45) is 33.7 Å². The number of hydrogen-bond donors (Lipinski definition) is 9. The van der Waals surface area contributed by atoms with E-state index in [1.54, 1.807) is 55.4 Å². The standard InChI is InChI=1S/C18H27NO3.C16H25N3O2.C16H22N2O2.C12H15NO.C9H16N2O2.C6H11BrO2.C4H9.Li.H4N2.HNO2.Na.H2/c1-4-22-16(20)17(2,3)18(21)10-12-19(13-11-18)14-15-8-6-5-7-9-15;1-15(2,14(20)18-17)16(21)8-10-19(11-9-16)12-13-6-4-3-5-7-13;1-15(2)16(20-14(19)17-15)8-10-18(11-9-16)12-13-6-4-3-5-7-13;14-12-6-8-13(9-7-12)10-11-4-2-1-3-5-11;1-8(2)9(13-7(12)11-8)3-5-10-6-4-9;1-4-9-5(8)6(2,3)7;1-3-4-2;;1-2;2-1-3;;/h5-9,21H,4,10-14H2,1-3H3;3-7,21H,8-12,17H2,1-2H3,(H,18,20);3-7H,8-12H2,1-2H3,(H,17,19);1-5H,6-10H2;10H,3-6H2,1-2H3,(H,11,12);4H2,1-3H3;1,3-4H2,2H3;;1-2H2;(H,2,3);;1H/q;;;;;;-1;+1;;;+1;/p-1. The van der Waals surface area contributed by atoms with E-state index in [1.807, 2.05) is 62.4 Å². The second-order valence-corrected chi connectivity index (χ2v) is 32.7. The number of alkyl carbamates (subject to hydrolysis) is 2. The van der Waals surface area contributed by atoms with E-state index in [0.717, 1.165) is 142 Å². The number of nitrogens with one attached hydrogen (secondary N) is 4. The average molecular weight is 1610 g/mol. The van der Waals surface area contributed by atoms with Crippen molar-refractivity contribution in [2.45, 2.75) is 231 Å². The van der Waals surface area contributed by atoms with Crippen LogP contribution in [0.15, 0.2) is 127 Å². The number of nitrogens with zero attached hydrogens (tertiary/aromatic N) is 5. The summed E-state index contributed by atoms with van der Waals surface area (Å²) in [5.41, 5.74) is 2.49. The topological polar surface area (TPSA) is 371 Å². The fourth-order valence-corrected chi connectivity index (χ4v) is 13.8. The van der Waals surface area contributed by atoms with Gasteiger partial charge in [0.1, 0.15) is 21.3 Å². The van der Waals surface area contributed by atoms with Crippen LogP contribution >= 0.6 is 15.9 Å². The van der Waals surface area contributed by atoms with E-state index in [-0.39, 0.29) is 102 Å². The van der Waals surface area contributed by atoms with Gasteiger partial charge in [0.05, 0.1) is 46.3 Å². The number of carbonyl (C=O) groups is 6. The number of likely N-dealkylation sites (tertiary alicyclic amines) is 4. The second kappa shape index (κ2) is 50.0. The Morgan fingerprint density at radius 1 is 0.564 bits per heavy atom. The molecule has 0 aliphatic carbocycles. The van der Waals surface area contributed by atoms with Crippen LogP contribution in [0.1, 0.15) is 191 Å². The summed E-state index contributed by atoms with van der Waals surface area (Å²) in [4.78, 5) is 86.0. The third-order valence-corrected chi connectivity index (χ3v) is 21.8. The fraction of sp³-hybridized carbons (Fsp3) is 0.617. The number of aliphatic hydroxyl groups is 2. The number of carbonyl (C=O) groups excluding carboxylic acids is 6. The Hall–Kier alpha value is -5.42. The van der Waals surface area contributed by atoms with Gasteiger partial charge in [-0.1, -0.05) is 151 Å². The van der Waals surface area contributed by atoms with Crippen LogP contribution in [0.5, 0.6) is 0 Å². The number of hydrogen-bond acceptors (Lipinski definition) is 23. The van der Waals surface area contributed by atoms with Gasteiger partial charge in [-0.25, -0.2) is 15.4 Å². The Bertz CT molecular complexity index is 3280. The molecule has 26 nitrogen and oxygen atoms in total. The van der Waals surface area contributed by atoms with Crippen LogP contribution in [0.2, 0.25) is 0 Å². The molecule has 110 heavy (non-hydrogen) atoms. The molecule has 7 aliphatic heterocycles. The van der Waals surface area contributed by atoms with Crippen molar-refractivity contribution in [3.05, 3.63) is 161 Å². The minimum absolute atomic E-state index is 0. The summed E-state index contributed by atoms with van der Waals surface area (Å²) >= 11 is 3.17. The Morgan fingerprint density at radius 3 is 1.11 bits per heavy atom. The first-order valence-electron chi connectivity index (χ1n) is 37.9. The maximum absolute atomic E-state index is 12.1. The zero-order valence-corrected chi connectivity index (χ0v) is 72.3. The minimum atomic E-state index is -1.01. The van der Waals surface area contributed by atoms with E-state index in [1.165, 1.54) is 28.7 Å². The van der Waals surface area contributed by atoms with Gasteiger partial charge in [-0.3, -0.25) is 55.9 Å². The van der Waals surface area contributed by atoms with E-state index in [4.69, 9.17) is 34.9 Å². The molecule has 7 aliphatic rings. The van der Waals surface area contributed by atoms with Crippen molar-refractivity contribution in [2.75, 3.05) is 78.7 Å². The third-order valence-electron chi connectivity index (χ3n) is 21.5. The van der Waals surface area contributed by atoms with Gasteiger partial charge in [-0.2, -0.15) is 6.42 Å². The number of ether oxygens (including phenoxy) is 4. The first-order valence-corrected chi connectivity index (χ1v) is 38.7. The number of nitrogens with two attached hydrogens (primary N) is 3. The van der Waals surface area contributed by atoms with Gasteiger partial charge in [0.2, 0.25) is 5.91 Å². The van der Waals surface area contributed by atoms with Crippen molar-refractivity contribution >= 4 is 51.7 Å². The van der Waals surface area contributed by atoms with Gasteiger partial charge in [-0.05, 0) is 144 Å². The number of hydrazine groups is 2. The monoisotopic (exact) mass is 1600 g/mol. The summed E-state index contributed by atoms with van der Waals surface area (Å²) in [5.74, 6) is 12.8. The van der Waals surface area contributed by atoms with E-state index < -0.39 is 26.4 Å². The van der Waals surface area contributed by atoms with Crippen molar-refractivity contribution in [1.29, 1.82) is 0 Å². The summed E-state index contributed by atoms with van der Waals surface area (Å²) in [6, 6.07) is 41.5. The molecule has 7 saturated heterocycles. The molecule has 3 amide bonds. The van der Waals surface area contributed by atoms with Crippen LogP contribution in [0.3, 0.4) is 0 Å². The van der Waals surface area contributed by atoms with Crippen molar-refractivity contribution in [1.82, 2.24) is 41.0 Å². The molecular weight excluding hydrogens is 1470 g/mol. The van der Waals surface area contributed by atoms with E-state index >= 15 is 0 Å². The molecule has 0 atom stereocenters. The van der Waals surface area contributed by atoms with Gasteiger partial charge < -0.3 is 62.1 Å². The summed E-state index contributed by atoms with van der Waals surface area (Å²) in [7, 11) is 0. The number of benzene rings is 4. The molecule has 12 N–H and O–H groups in total. The molecule has 29 heteroatoms. The number of alkyl halides is 1. The predicted octanol–water partition coefficient (Wildman–Crippen LogP) is 5.32. The fourth-order valence-electron chi connectivity index (χ4n) is 13.7. The third kappa shape index (κ3) is 32.1. The largest absolute Gasteiger partial charge is 1.00 e. The second-order valence-electron chi connectivity index (χ2n) is 30.7. The summed E-state index contributed by atoms with van der Waals surface area (Å²) in [6.45, 7) is 41.3. The van der Waals surface area contributed by atoms with Crippen molar-refractivity contribution < 1.29 is 108 Å². The van der Waals surface area contributed by atoms with E-state index in [2.05, 4.69) is 169 Å². The quantitative estimate of drug-likeness (QED) is 0.00789. The summed E-state index contributed by atoms with van der Waals surface area (Å²) in [5, 5.41) is 39.9. The van der Waals surface area contributed by atoms with Gasteiger partial charge >= 0.3 is 72.5 Å². The average Bonchev–Trinajstić information content (AvgIpc) is 1.67. The zero-order chi connectivity index (χ0) is 80.9. The van der Waals surface area contributed by atoms with Crippen LogP contribution in [0.4, 0.5) is 9.59 Å². The molecule has 0 unspecified atom stereocenters. The number of ketones is 1. The molecule has 4 aromatic carbocycles. The van der Waals surface area contributed by atoms with Crippen LogP contribution in [-0.4, -0.2) is 182 Å². The van der Waals surface area contributed by atoms with Gasteiger partial charge in [0.15, 0.2) is 0 Å². The first kappa shape index (κ1) is 103. The molecule has 0 saturated carbocycles. The van der Waals surface area contributed by atoms with E-state index in [9.17, 15) is 39.0 Å². The Labute approximate surface area is 699 Å². The summed E-state index contributed by atoms with van der Waals surface area (Å²) < 4.78 is 20.4. The molecule has 7 fully saturated rings. The normalized spacial score (nSPS) is 19.1. The Kier molecular flexibility index (Phi) is 46.7. The smallest absolute Gasteiger partial charge is 0.465 e. The van der Waals surface area contributed by atoms with Gasteiger partial charge in [0.25, 0.3) is 0 Å². The minimum Gasteiger partial charge on any atom is -0.465 e. The maximum Gasteiger partial charge on any atom is 1.00 e. The number of piperidine rings is 5. The molecule has 0 aromatic heterocycles. The maximum atomic E-state index is 12.1. The summed E-state index contributed by atoms with van der Waals surface area (Å²) in [6.07, 6.45) is 9.10. The molecule has 11 rings (SSSR count). The van der Waals surface area contributed by atoms with E-state index in [0.29, 0.717) is 44.7 Å². The number of esters is 2. The van der Waals surface area contributed by atoms with Crippen LogP contribution < -0.4 is 87.3 Å². The SMILES string of the molecule is CC(C)(C(=O)NN)C1(O)CCN(Cc2ccccc2)CC1.CC1(C)NC(=O)OC12CCN(Cc1ccccc1)CC2.CC1(C)NC(=O)OC12CCNCC2.CCOC(=O)C(C)(C)Br.CCOC(=O)C(C)(C)C1(O)CCN(Cc2ccccc2)CC1.NN.O=C1CCN(Cc2ccccc2)CC1.O=N[O-].[CH2-]CCC.[HH].[Li+].[Na+]. The van der Waals surface area contributed by atoms with Crippen LogP contribution in [0, 0.1) is 27.9 Å². The number of unbranched alkanes of at least 4 members (excludes halogenated alkanes) is 1. The number of amides is 3. The molecule has 0 bridgehead atoms. The number of rotatable bonds is 16. The Morgan fingerprint density at radius 2 is 0.845 bits per heavy atom. The molecule has 2 spiro atoms. The zero-order valence-electron chi connectivity index (χ0n) is 68.7. The van der Waals surface area contributed by atoms with Gasteiger partial charge in [0, 0.05) is 118 Å². The van der Waals surface area contributed by atoms with Crippen molar-refractivity contribution in [3.8, 4) is 0 Å². The van der Waals surface area contributed by atoms with Crippen molar-refractivity contribution in [3.63, 3.8) is 0 Å². The molecule has 608 valence electrons. The van der Waals surface area contributed by atoms with Crippen LogP contribution in [-0.2, 0) is 64.3 Å². The predicted molar refractivity (Wildman–Crippen MR) is 430 cm³/mol. The molecule has 7 heterocycles.